The fourth-order valence-electron chi connectivity index (χ4n) is 2.78. The van der Waals surface area contributed by atoms with Gasteiger partial charge in [-0.25, -0.2) is 14.8 Å². The minimum atomic E-state index is -0.917. The molecule has 1 atom stereocenters. The zero-order valence-electron chi connectivity index (χ0n) is 12.5. The summed E-state index contributed by atoms with van der Waals surface area (Å²) in [5.74, 6) is 0.314. The van der Waals surface area contributed by atoms with Crippen LogP contribution in [0.3, 0.4) is 0 Å². The van der Waals surface area contributed by atoms with Gasteiger partial charge in [0.1, 0.15) is 5.82 Å². The van der Waals surface area contributed by atoms with Crippen LogP contribution < -0.4 is 5.32 Å². The number of nitrogens with one attached hydrogen (secondary N) is 1. The molecule has 0 aliphatic carbocycles. The lowest BCUT2D eigenvalue weighted by atomic mass is 9.98. The summed E-state index contributed by atoms with van der Waals surface area (Å²) in [6, 6.07) is 8.76. The van der Waals surface area contributed by atoms with E-state index in [0.717, 1.165) is 48.7 Å². The predicted octanol–water partition coefficient (Wildman–Crippen LogP) is 2.62. The Hall–Kier alpha value is -2.27. The highest BCUT2D eigenvalue weighted by Gasteiger charge is 2.19. The van der Waals surface area contributed by atoms with Crippen molar-refractivity contribution >= 4 is 5.97 Å². The monoisotopic (exact) mass is 297 g/mol. The Morgan fingerprint density at radius 3 is 2.68 bits per heavy atom. The van der Waals surface area contributed by atoms with Crippen molar-refractivity contribution < 1.29 is 9.90 Å². The maximum absolute atomic E-state index is 10.9. The number of aryl methyl sites for hydroxylation is 1. The third kappa shape index (κ3) is 3.14. The third-order valence-corrected chi connectivity index (χ3v) is 3.96. The number of aromatic carboxylic acids is 1. The van der Waals surface area contributed by atoms with Crippen molar-refractivity contribution in [2.45, 2.75) is 25.7 Å². The van der Waals surface area contributed by atoms with Crippen molar-refractivity contribution in [3.63, 3.8) is 0 Å². The van der Waals surface area contributed by atoms with Crippen molar-refractivity contribution in [2.75, 3.05) is 13.1 Å². The minimum Gasteiger partial charge on any atom is -0.478 e. The van der Waals surface area contributed by atoms with E-state index in [1.165, 1.54) is 0 Å². The lowest BCUT2D eigenvalue weighted by molar-refractivity contribution is 0.0697. The summed E-state index contributed by atoms with van der Waals surface area (Å²) < 4.78 is 0. The lowest BCUT2D eigenvalue weighted by Crippen LogP contribution is -2.29. The number of carboxylic acids is 1. The molecule has 0 saturated carbocycles. The van der Waals surface area contributed by atoms with E-state index in [1.807, 2.05) is 13.0 Å². The maximum atomic E-state index is 10.9. The fraction of sp³-hybridized carbons (Fsp3) is 0.353. The van der Waals surface area contributed by atoms with E-state index in [2.05, 4.69) is 10.3 Å². The van der Waals surface area contributed by atoms with Crippen LogP contribution in [0.4, 0.5) is 0 Å². The molecule has 1 aliphatic rings. The Morgan fingerprint density at radius 1 is 1.27 bits per heavy atom. The second-order valence-electron chi connectivity index (χ2n) is 5.68. The highest BCUT2D eigenvalue weighted by atomic mass is 16.4. The molecule has 114 valence electrons. The molecular weight excluding hydrogens is 278 g/mol. The number of rotatable bonds is 3. The smallest absolute Gasteiger partial charge is 0.335 e. The van der Waals surface area contributed by atoms with E-state index in [9.17, 15) is 4.79 Å². The van der Waals surface area contributed by atoms with Gasteiger partial charge in [0.2, 0.25) is 0 Å². The van der Waals surface area contributed by atoms with Gasteiger partial charge in [-0.05, 0) is 44.5 Å². The molecule has 1 aromatic carbocycles. The topological polar surface area (TPSA) is 75.1 Å². The number of benzene rings is 1. The first kappa shape index (κ1) is 14.7. The molecule has 1 aliphatic heterocycles. The van der Waals surface area contributed by atoms with Crippen LogP contribution in [0.15, 0.2) is 30.3 Å². The Labute approximate surface area is 129 Å². The van der Waals surface area contributed by atoms with Crippen LogP contribution in [0, 0.1) is 6.92 Å². The van der Waals surface area contributed by atoms with Crippen LogP contribution in [0.5, 0.6) is 0 Å². The molecule has 0 radical (unpaired) electrons. The number of piperidine rings is 1. The molecule has 1 saturated heterocycles. The van der Waals surface area contributed by atoms with Gasteiger partial charge in [0.05, 0.1) is 11.3 Å². The SMILES string of the molecule is Cc1cc(-c2ccc(C(=O)O)cc2)nc([C@@H]2CCCNC2)n1. The first-order valence-electron chi connectivity index (χ1n) is 7.53. The molecule has 3 rings (SSSR count). The highest BCUT2D eigenvalue weighted by Crippen LogP contribution is 2.24. The van der Waals surface area contributed by atoms with Crippen LogP contribution in [-0.2, 0) is 0 Å². The summed E-state index contributed by atoms with van der Waals surface area (Å²) in [5, 5.41) is 12.4. The van der Waals surface area contributed by atoms with Gasteiger partial charge in [-0.15, -0.1) is 0 Å². The fourth-order valence-corrected chi connectivity index (χ4v) is 2.78. The molecule has 2 N–H and O–H groups in total. The Morgan fingerprint density at radius 2 is 2.05 bits per heavy atom. The van der Waals surface area contributed by atoms with Gasteiger partial charge < -0.3 is 10.4 Å². The van der Waals surface area contributed by atoms with Gasteiger partial charge in [-0.1, -0.05) is 12.1 Å². The molecule has 1 fully saturated rings. The van der Waals surface area contributed by atoms with Gasteiger partial charge >= 0.3 is 5.97 Å². The molecule has 2 heterocycles. The van der Waals surface area contributed by atoms with Crippen LogP contribution in [-0.4, -0.2) is 34.1 Å². The first-order chi connectivity index (χ1) is 10.6. The molecule has 0 bridgehead atoms. The molecule has 5 heteroatoms. The predicted molar refractivity (Wildman–Crippen MR) is 84.0 cm³/mol. The Bertz CT molecular complexity index is 677. The van der Waals surface area contributed by atoms with Crippen molar-refractivity contribution in [1.82, 2.24) is 15.3 Å². The summed E-state index contributed by atoms with van der Waals surface area (Å²) in [6.45, 7) is 3.95. The van der Waals surface area contributed by atoms with Crippen LogP contribution in [0.25, 0.3) is 11.3 Å². The standard InChI is InChI=1S/C17H19N3O2/c1-11-9-15(12-4-6-13(7-5-12)17(21)22)20-16(19-11)14-3-2-8-18-10-14/h4-7,9,14,18H,2-3,8,10H2,1H3,(H,21,22)/t14-/m1/s1. The third-order valence-electron chi connectivity index (χ3n) is 3.96. The van der Waals surface area contributed by atoms with Crippen molar-refractivity contribution in [2.24, 2.45) is 0 Å². The zero-order chi connectivity index (χ0) is 15.5. The molecule has 0 unspecified atom stereocenters. The maximum Gasteiger partial charge on any atom is 0.335 e. The molecule has 2 aromatic rings. The average molecular weight is 297 g/mol. The van der Waals surface area contributed by atoms with Gasteiger partial charge in [-0.3, -0.25) is 0 Å². The number of hydrogen-bond donors (Lipinski definition) is 2. The van der Waals surface area contributed by atoms with Gasteiger partial charge in [0.15, 0.2) is 0 Å². The van der Waals surface area contributed by atoms with E-state index < -0.39 is 5.97 Å². The lowest BCUT2D eigenvalue weighted by Gasteiger charge is -2.22. The van der Waals surface area contributed by atoms with Gasteiger partial charge in [0.25, 0.3) is 0 Å². The number of hydrogen-bond acceptors (Lipinski definition) is 4. The van der Waals surface area contributed by atoms with E-state index in [1.54, 1.807) is 24.3 Å². The number of carbonyl (C=O) groups is 1. The summed E-state index contributed by atoms with van der Waals surface area (Å²) in [7, 11) is 0. The second-order valence-corrected chi connectivity index (χ2v) is 5.68. The number of carboxylic acid groups (broad SMARTS) is 1. The van der Waals surface area contributed by atoms with E-state index in [0.29, 0.717) is 5.92 Å². The molecular formula is C17H19N3O2. The summed E-state index contributed by atoms with van der Waals surface area (Å²) >= 11 is 0. The molecule has 0 spiro atoms. The van der Waals surface area contributed by atoms with Crippen molar-refractivity contribution in [1.29, 1.82) is 0 Å². The summed E-state index contributed by atoms with van der Waals surface area (Å²) in [4.78, 5) is 20.2. The molecule has 22 heavy (non-hydrogen) atoms. The van der Waals surface area contributed by atoms with Crippen LogP contribution in [0.1, 0.15) is 40.6 Å². The largest absolute Gasteiger partial charge is 0.478 e. The molecule has 0 amide bonds. The number of aromatic nitrogens is 2. The first-order valence-corrected chi connectivity index (χ1v) is 7.53. The van der Waals surface area contributed by atoms with Crippen LogP contribution in [0.2, 0.25) is 0 Å². The van der Waals surface area contributed by atoms with E-state index >= 15 is 0 Å². The van der Waals surface area contributed by atoms with E-state index in [-0.39, 0.29) is 5.56 Å². The summed E-state index contributed by atoms with van der Waals surface area (Å²) in [6.07, 6.45) is 2.25. The molecule has 1 aromatic heterocycles. The van der Waals surface area contributed by atoms with Crippen molar-refractivity contribution in [3.05, 3.63) is 47.4 Å². The van der Waals surface area contributed by atoms with E-state index in [4.69, 9.17) is 10.1 Å². The highest BCUT2D eigenvalue weighted by molar-refractivity contribution is 5.88. The van der Waals surface area contributed by atoms with Crippen molar-refractivity contribution in [3.8, 4) is 11.3 Å². The normalized spacial score (nSPS) is 18.1. The number of nitrogens with zero attached hydrogens (tertiary/aromatic N) is 2. The Balaban J connectivity index is 1.92. The van der Waals surface area contributed by atoms with Gasteiger partial charge in [-0.2, -0.15) is 0 Å². The quantitative estimate of drug-likeness (QED) is 0.911. The van der Waals surface area contributed by atoms with Gasteiger partial charge in [0, 0.05) is 23.7 Å². The summed E-state index contributed by atoms with van der Waals surface area (Å²) in [5.41, 5.74) is 2.99. The second kappa shape index (κ2) is 6.23. The minimum absolute atomic E-state index is 0.284. The van der Waals surface area contributed by atoms with Crippen LogP contribution >= 0.6 is 0 Å². The molecule has 5 nitrogen and oxygen atoms in total. The average Bonchev–Trinajstić information content (AvgIpc) is 2.55. The zero-order valence-corrected chi connectivity index (χ0v) is 12.5. The Kier molecular flexibility index (Phi) is 4.15.